The van der Waals surface area contributed by atoms with Gasteiger partial charge in [0.05, 0.1) is 10.2 Å². The van der Waals surface area contributed by atoms with Gasteiger partial charge in [0, 0.05) is 23.3 Å². The maximum Gasteiger partial charge on any atom is 0.115 e. The van der Waals surface area contributed by atoms with E-state index in [4.69, 9.17) is 5.73 Å². The van der Waals surface area contributed by atoms with E-state index in [-0.39, 0.29) is 6.04 Å². The number of rotatable bonds is 3. The van der Waals surface area contributed by atoms with Crippen LogP contribution in [0.1, 0.15) is 18.7 Å². The van der Waals surface area contributed by atoms with Gasteiger partial charge in [-0.3, -0.25) is 4.98 Å². The summed E-state index contributed by atoms with van der Waals surface area (Å²) in [7, 11) is 0. The van der Waals surface area contributed by atoms with Crippen LogP contribution in [0.4, 0.5) is 0 Å². The molecule has 88 valence electrons. The third kappa shape index (κ3) is 3.28. The van der Waals surface area contributed by atoms with Gasteiger partial charge in [-0.1, -0.05) is 11.8 Å². The van der Waals surface area contributed by atoms with Gasteiger partial charge >= 0.3 is 0 Å². The van der Waals surface area contributed by atoms with Gasteiger partial charge in [0.25, 0.3) is 0 Å². The van der Waals surface area contributed by atoms with Crippen molar-refractivity contribution in [1.82, 2.24) is 9.97 Å². The van der Waals surface area contributed by atoms with Crippen molar-refractivity contribution in [1.29, 1.82) is 0 Å². The number of hydrogen-bond acceptors (Lipinski definition) is 4. The number of nitrogens with two attached hydrogens (primary N) is 1. The quantitative estimate of drug-likeness (QED) is 0.944. The fraction of sp³-hybridized carbons (Fsp3) is 0.167. The number of aromatic nitrogens is 2. The van der Waals surface area contributed by atoms with E-state index in [0.717, 1.165) is 20.1 Å². The summed E-state index contributed by atoms with van der Waals surface area (Å²) in [5.41, 5.74) is 6.65. The van der Waals surface area contributed by atoms with E-state index in [1.54, 1.807) is 18.0 Å². The lowest BCUT2D eigenvalue weighted by Gasteiger charge is -2.06. The first-order valence-corrected chi connectivity index (χ1v) is 6.77. The molecule has 3 nitrogen and oxygen atoms in total. The van der Waals surface area contributed by atoms with E-state index in [0.29, 0.717) is 0 Å². The lowest BCUT2D eigenvalue weighted by atomic mass is 10.2. The van der Waals surface area contributed by atoms with Gasteiger partial charge in [0.15, 0.2) is 0 Å². The Bertz CT molecular complexity index is 499. The van der Waals surface area contributed by atoms with Crippen molar-refractivity contribution >= 4 is 27.7 Å². The zero-order valence-electron chi connectivity index (χ0n) is 9.30. The first-order chi connectivity index (χ1) is 8.16. The highest BCUT2D eigenvalue weighted by molar-refractivity contribution is 9.10. The van der Waals surface area contributed by atoms with Gasteiger partial charge in [0.2, 0.25) is 0 Å². The first kappa shape index (κ1) is 12.5. The summed E-state index contributed by atoms with van der Waals surface area (Å²) in [6, 6.07) is 7.79. The Morgan fingerprint density at radius 2 is 2.12 bits per heavy atom. The molecule has 0 aromatic carbocycles. The second-order valence-electron chi connectivity index (χ2n) is 3.60. The van der Waals surface area contributed by atoms with Gasteiger partial charge in [-0.25, -0.2) is 4.98 Å². The average Bonchev–Trinajstić information content (AvgIpc) is 2.33. The molecule has 17 heavy (non-hydrogen) atoms. The van der Waals surface area contributed by atoms with Crippen LogP contribution >= 0.6 is 27.7 Å². The van der Waals surface area contributed by atoms with Gasteiger partial charge in [-0.15, -0.1) is 0 Å². The summed E-state index contributed by atoms with van der Waals surface area (Å²) in [4.78, 5) is 9.66. The minimum absolute atomic E-state index is 0.0318. The molecule has 2 rings (SSSR count). The van der Waals surface area contributed by atoms with E-state index >= 15 is 0 Å². The molecule has 1 atom stereocenters. The summed E-state index contributed by atoms with van der Waals surface area (Å²) in [5.74, 6) is 0. The van der Waals surface area contributed by atoms with Crippen LogP contribution in [0.5, 0.6) is 0 Å². The molecule has 0 spiro atoms. The average molecular weight is 310 g/mol. The van der Waals surface area contributed by atoms with E-state index < -0.39 is 0 Å². The van der Waals surface area contributed by atoms with E-state index in [9.17, 15) is 0 Å². The molecular weight excluding hydrogens is 298 g/mol. The number of pyridine rings is 2. The summed E-state index contributed by atoms with van der Waals surface area (Å²) in [6.45, 7) is 1.92. The second-order valence-corrected chi connectivity index (χ2v) is 5.52. The molecule has 0 aliphatic rings. The normalized spacial score (nSPS) is 12.4. The highest BCUT2D eigenvalue weighted by Gasteiger charge is 2.05. The lowest BCUT2D eigenvalue weighted by molar-refractivity contribution is 0.777. The zero-order valence-corrected chi connectivity index (χ0v) is 11.7. The Morgan fingerprint density at radius 3 is 2.71 bits per heavy atom. The summed E-state index contributed by atoms with van der Waals surface area (Å²) >= 11 is 5.04. The molecule has 5 heteroatoms. The molecule has 0 saturated heterocycles. The Balaban J connectivity index is 2.17. The van der Waals surface area contributed by atoms with Crippen LogP contribution in [0.25, 0.3) is 0 Å². The van der Waals surface area contributed by atoms with Crippen molar-refractivity contribution in [3.05, 3.63) is 46.8 Å². The maximum absolute atomic E-state index is 5.75. The molecule has 0 fully saturated rings. The summed E-state index contributed by atoms with van der Waals surface area (Å²) < 4.78 is 0.987. The van der Waals surface area contributed by atoms with Crippen LogP contribution < -0.4 is 5.73 Å². The molecule has 0 unspecified atom stereocenters. The van der Waals surface area contributed by atoms with Crippen LogP contribution in [-0.2, 0) is 0 Å². The Hall–Kier alpha value is -0.910. The molecule has 0 bridgehead atoms. The van der Waals surface area contributed by atoms with Crippen molar-refractivity contribution in [3.8, 4) is 0 Å². The van der Waals surface area contributed by atoms with Gasteiger partial charge in [-0.2, -0.15) is 0 Å². The number of hydrogen-bond donors (Lipinski definition) is 1. The van der Waals surface area contributed by atoms with Crippen molar-refractivity contribution in [2.24, 2.45) is 5.73 Å². The predicted octanol–water partition coefficient (Wildman–Crippen LogP) is 3.41. The molecule has 2 aromatic heterocycles. The molecule has 2 heterocycles. The van der Waals surface area contributed by atoms with Crippen molar-refractivity contribution < 1.29 is 0 Å². The number of halogens is 1. The van der Waals surface area contributed by atoms with Crippen molar-refractivity contribution in [2.45, 2.75) is 22.9 Å². The monoisotopic (exact) mass is 309 g/mol. The third-order valence-corrected chi connectivity index (χ3v) is 4.06. The van der Waals surface area contributed by atoms with Crippen LogP contribution in [0.3, 0.4) is 0 Å². The second kappa shape index (κ2) is 5.62. The SMILES string of the molecule is C[C@@H](N)c1ccc(Sc2ncccc2Br)cn1. The molecule has 0 saturated carbocycles. The van der Waals surface area contributed by atoms with Crippen molar-refractivity contribution in [2.75, 3.05) is 0 Å². The van der Waals surface area contributed by atoms with Crippen LogP contribution in [0.2, 0.25) is 0 Å². The van der Waals surface area contributed by atoms with E-state index in [1.165, 1.54) is 0 Å². The van der Waals surface area contributed by atoms with Crippen molar-refractivity contribution in [3.63, 3.8) is 0 Å². The van der Waals surface area contributed by atoms with Crippen LogP contribution in [-0.4, -0.2) is 9.97 Å². The van der Waals surface area contributed by atoms with Crippen LogP contribution in [0.15, 0.2) is 51.1 Å². The third-order valence-electron chi connectivity index (χ3n) is 2.16. The molecular formula is C12H12BrN3S. The fourth-order valence-electron chi connectivity index (χ4n) is 1.28. The lowest BCUT2D eigenvalue weighted by Crippen LogP contribution is -2.06. The molecule has 0 radical (unpaired) electrons. The Morgan fingerprint density at radius 1 is 1.29 bits per heavy atom. The predicted molar refractivity (Wildman–Crippen MR) is 72.9 cm³/mol. The van der Waals surface area contributed by atoms with Crippen LogP contribution in [0, 0.1) is 0 Å². The minimum atomic E-state index is -0.0318. The largest absolute Gasteiger partial charge is 0.323 e. The highest BCUT2D eigenvalue weighted by Crippen LogP contribution is 2.31. The molecule has 2 N–H and O–H groups in total. The maximum atomic E-state index is 5.75. The van der Waals surface area contributed by atoms with E-state index in [1.807, 2.05) is 37.4 Å². The smallest absolute Gasteiger partial charge is 0.115 e. The van der Waals surface area contributed by atoms with Gasteiger partial charge < -0.3 is 5.73 Å². The van der Waals surface area contributed by atoms with E-state index in [2.05, 4.69) is 25.9 Å². The first-order valence-electron chi connectivity index (χ1n) is 5.16. The molecule has 2 aromatic rings. The molecule has 0 aliphatic carbocycles. The molecule has 0 amide bonds. The number of nitrogens with zero attached hydrogens (tertiary/aromatic N) is 2. The minimum Gasteiger partial charge on any atom is -0.323 e. The fourth-order valence-corrected chi connectivity index (χ4v) is 2.52. The molecule has 0 aliphatic heterocycles. The zero-order chi connectivity index (χ0) is 12.3. The topological polar surface area (TPSA) is 51.8 Å². The summed E-state index contributed by atoms with van der Waals surface area (Å²) in [5, 5.41) is 0.933. The van der Waals surface area contributed by atoms with Gasteiger partial charge in [-0.05, 0) is 47.1 Å². The summed E-state index contributed by atoms with van der Waals surface area (Å²) in [6.07, 6.45) is 3.60. The highest BCUT2D eigenvalue weighted by atomic mass is 79.9. The Labute approximate surface area is 113 Å². The van der Waals surface area contributed by atoms with Gasteiger partial charge in [0.1, 0.15) is 5.03 Å². The standard InChI is InChI=1S/C12H12BrN3S/c1-8(14)11-5-4-9(7-16-11)17-12-10(13)3-2-6-15-12/h2-8H,14H2,1H3/t8-/m1/s1. The Kier molecular flexibility index (Phi) is 4.15.